The first-order chi connectivity index (χ1) is 12.4. The van der Waals surface area contributed by atoms with Crippen molar-refractivity contribution < 1.29 is 23.2 Å². The van der Waals surface area contributed by atoms with E-state index in [-0.39, 0.29) is 24.0 Å². The van der Waals surface area contributed by atoms with Crippen LogP contribution in [0.25, 0.3) is 0 Å². The molecule has 2 aliphatic rings. The van der Waals surface area contributed by atoms with Gasteiger partial charge in [0, 0.05) is 31.7 Å². The molecule has 9 heteroatoms. The first-order valence-electron chi connectivity index (χ1n) is 8.65. The molecular formula is C17H23N3O5S. The molecule has 2 heterocycles. The highest BCUT2D eigenvalue weighted by Gasteiger charge is 2.26. The van der Waals surface area contributed by atoms with E-state index in [1.807, 2.05) is 11.0 Å². The predicted molar refractivity (Wildman–Crippen MR) is 94.5 cm³/mol. The lowest BCUT2D eigenvalue weighted by molar-refractivity contribution is -0.133. The first kappa shape index (κ1) is 18.8. The van der Waals surface area contributed by atoms with Crippen LogP contribution in [-0.2, 0) is 27.6 Å². The van der Waals surface area contributed by atoms with Crippen LogP contribution in [0, 0.1) is 0 Å². The lowest BCUT2D eigenvalue weighted by Gasteiger charge is -2.29. The number of fused-ring (bicyclic) bond motifs is 1. The summed E-state index contributed by atoms with van der Waals surface area (Å²) in [5.74, 6) is -0.336. The summed E-state index contributed by atoms with van der Waals surface area (Å²) in [4.78, 5) is 27.9. The number of amides is 2. The molecule has 0 spiro atoms. The molecule has 0 aliphatic carbocycles. The van der Waals surface area contributed by atoms with Crippen LogP contribution < -0.4 is 5.48 Å². The van der Waals surface area contributed by atoms with Crippen LogP contribution in [0.15, 0.2) is 18.2 Å². The summed E-state index contributed by atoms with van der Waals surface area (Å²) in [7, 11) is -2.95. The number of rotatable bonds is 3. The van der Waals surface area contributed by atoms with E-state index in [2.05, 4.69) is 0 Å². The smallest absolute Gasteiger partial charge is 0.274 e. The van der Waals surface area contributed by atoms with Crippen molar-refractivity contribution in [3.63, 3.8) is 0 Å². The highest BCUT2D eigenvalue weighted by molar-refractivity contribution is 7.91. The zero-order valence-corrected chi connectivity index (χ0v) is 15.3. The quantitative estimate of drug-likeness (QED) is 0.555. The van der Waals surface area contributed by atoms with Gasteiger partial charge < -0.3 is 4.90 Å². The van der Waals surface area contributed by atoms with Gasteiger partial charge in [0.25, 0.3) is 5.91 Å². The summed E-state index contributed by atoms with van der Waals surface area (Å²) in [5.41, 5.74) is 4.02. The highest BCUT2D eigenvalue weighted by Crippen LogP contribution is 2.21. The largest absolute Gasteiger partial charge is 0.337 e. The summed E-state index contributed by atoms with van der Waals surface area (Å²) >= 11 is 0. The Morgan fingerprint density at radius 1 is 1.12 bits per heavy atom. The van der Waals surface area contributed by atoms with Crippen molar-refractivity contribution in [1.29, 1.82) is 0 Å². The maximum atomic E-state index is 12.6. The maximum Gasteiger partial charge on any atom is 0.274 e. The molecule has 1 aromatic carbocycles. The van der Waals surface area contributed by atoms with Gasteiger partial charge in [-0.25, -0.2) is 13.9 Å². The van der Waals surface area contributed by atoms with Crippen LogP contribution in [0.4, 0.5) is 0 Å². The predicted octanol–water partition coefficient (Wildman–Crippen LogP) is -0.189. The standard InChI is InChI=1S/C17H23N3O5S/c21-16(12-19-6-8-26(24,25)9-7-19)20-5-1-2-13-10-14(17(22)18-23)3-4-15(13)11-20/h3-4,10,23H,1-2,5-9,11-12H2,(H,18,22). The SMILES string of the molecule is O=C(NO)c1ccc2c(c1)CCCN(C(=O)CN1CCS(=O)(=O)CC1)C2. The second-order valence-electron chi connectivity index (χ2n) is 6.77. The van der Waals surface area contributed by atoms with Gasteiger partial charge in [-0.05, 0) is 36.1 Å². The summed E-state index contributed by atoms with van der Waals surface area (Å²) in [5, 5.41) is 8.76. The van der Waals surface area contributed by atoms with Gasteiger partial charge in [-0.1, -0.05) is 6.07 Å². The van der Waals surface area contributed by atoms with Gasteiger partial charge >= 0.3 is 0 Å². The minimum Gasteiger partial charge on any atom is -0.337 e. The van der Waals surface area contributed by atoms with Crippen LogP contribution >= 0.6 is 0 Å². The zero-order valence-electron chi connectivity index (χ0n) is 14.5. The molecule has 2 aliphatic heterocycles. The van der Waals surface area contributed by atoms with E-state index in [0.717, 1.165) is 24.0 Å². The van der Waals surface area contributed by atoms with Gasteiger partial charge in [0.2, 0.25) is 5.91 Å². The molecule has 3 rings (SSSR count). The molecule has 26 heavy (non-hydrogen) atoms. The van der Waals surface area contributed by atoms with Gasteiger partial charge in [0.15, 0.2) is 9.84 Å². The van der Waals surface area contributed by atoms with Crippen molar-refractivity contribution in [3.05, 3.63) is 34.9 Å². The van der Waals surface area contributed by atoms with Crippen molar-refractivity contribution in [2.45, 2.75) is 19.4 Å². The lowest BCUT2D eigenvalue weighted by atomic mass is 10.0. The Hall–Kier alpha value is -1.97. The van der Waals surface area contributed by atoms with Crippen molar-refractivity contribution in [1.82, 2.24) is 15.3 Å². The molecule has 1 aromatic rings. The van der Waals surface area contributed by atoms with Gasteiger partial charge in [-0.3, -0.25) is 19.7 Å². The molecule has 0 aromatic heterocycles. The van der Waals surface area contributed by atoms with Gasteiger partial charge in [-0.15, -0.1) is 0 Å². The Bertz CT molecular complexity index is 795. The zero-order chi connectivity index (χ0) is 18.7. The third kappa shape index (κ3) is 4.40. The van der Waals surface area contributed by atoms with E-state index < -0.39 is 15.7 Å². The van der Waals surface area contributed by atoms with E-state index in [1.165, 1.54) is 0 Å². The number of carbonyl (C=O) groups is 2. The van der Waals surface area contributed by atoms with Crippen LogP contribution in [-0.4, -0.2) is 72.9 Å². The molecule has 1 fully saturated rings. The monoisotopic (exact) mass is 381 g/mol. The molecule has 142 valence electrons. The summed E-state index contributed by atoms with van der Waals surface area (Å²) in [6.07, 6.45) is 1.55. The Morgan fingerprint density at radius 2 is 1.85 bits per heavy atom. The Morgan fingerprint density at radius 3 is 2.54 bits per heavy atom. The Balaban J connectivity index is 1.65. The normalized spacial score (nSPS) is 20.1. The fraction of sp³-hybridized carbons (Fsp3) is 0.529. The van der Waals surface area contributed by atoms with E-state index in [4.69, 9.17) is 5.21 Å². The second-order valence-corrected chi connectivity index (χ2v) is 9.07. The van der Waals surface area contributed by atoms with Crippen LogP contribution in [0.1, 0.15) is 27.9 Å². The number of carbonyl (C=O) groups excluding carboxylic acids is 2. The van der Waals surface area contributed by atoms with Crippen molar-refractivity contribution in [2.24, 2.45) is 0 Å². The van der Waals surface area contributed by atoms with Crippen molar-refractivity contribution >= 4 is 21.7 Å². The number of aryl methyl sites for hydroxylation is 1. The Labute approximate surface area is 152 Å². The van der Waals surface area contributed by atoms with Crippen molar-refractivity contribution in [2.75, 3.05) is 37.7 Å². The van der Waals surface area contributed by atoms with E-state index >= 15 is 0 Å². The van der Waals surface area contributed by atoms with Crippen LogP contribution in [0.3, 0.4) is 0 Å². The number of hydroxylamine groups is 1. The van der Waals surface area contributed by atoms with Crippen LogP contribution in [0.5, 0.6) is 0 Å². The fourth-order valence-electron chi connectivity index (χ4n) is 3.38. The molecule has 0 atom stereocenters. The second kappa shape index (κ2) is 7.73. The van der Waals surface area contributed by atoms with Gasteiger partial charge in [-0.2, -0.15) is 0 Å². The number of hydrogen-bond acceptors (Lipinski definition) is 6. The minimum atomic E-state index is -2.95. The lowest BCUT2D eigenvalue weighted by Crippen LogP contribution is -2.46. The first-order valence-corrected chi connectivity index (χ1v) is 10.5. The summed E-state index contributed by atoms with van der Waals surface area (Å²) < 4.78 is 23.0. The van der Waals surface area contributed by atoms with Crippen LogP contribution in [0.2, 0.25) is 0 Å². The number of sulfone groups is 1. The third-order valence-electron chi connectivity index (χ3n) is 4.95. The molecule has 2 N–H and O–H groups in total. The molecular weight excluding hydrogens is 358 g/mol. The molecule has 1 saturated heterocycles. The maximum absolute atomic E-state index is 12.6. The topological polar surface area (TPSA) is 107 Å². The third-order valence-corrected chi connectivity index (χ3v) is 6.56. The number of nitrogens with one attached hydrogen (secondary N) is 1. The minimum absolute atomic E-state index is 0.00525. The molecule has 8 nitrogen and oxygen atoms in total. The number of benzene rings is 1. The molecule has 0 bridgehead atoms. The fourth-order valence-corrected chi connectivity index (χ4v) is 4.65. The molecule has 2 amide bonds. The number of nitrogens with zero attached hydrogens (tertiary/aromatic N) is 2. The van der Waals surface area contributed by atoms with E-state index in [0.29, 0.717) is 31.7 Å². The summed E-state index contributed by atoms with van der Waals surface area (Å²) in [6, 6.07) is 5.21. The van der Waals surface area contributed by atoms with Gasteiger partial charge in [0.05, 0.1) is 18.1 Å². The molecule has 0 saturated carbocycles. The van der Waals surface area contributed by atoms with E-state index in [9.17, 15) is 18.0 Å². The average molecular weight is 381 g/mol. The molecule has 0 unspecified atom stereocenters. The number of hydrogen-bond donors (Lipinski definition) is 2. The highest BCUT2D eigenvalue weighted by atomic mass is 32.2. The van der Waals surface area contributed by atoms with Gasteiger partial charge in [0.1, 0.15) is 0 Å². The molecule has 0 radical (unpaired) electrons. The Kier molecular flexibility index (Phi) is 5.59. The summed E-state index contributed by atoms with van der Waals surface area (Å²) in [6.45, 7) is 2.13. The van der Waals surface area contributed by atoms with Crippen molar-refractivity contribution in [3.8, 4) is 0 Å². The average Bonchev–Trinajstić information content (AvgIpc) is 2.84. The van der Waals surface area contributed by atoms with E-state index in [1.54, 1.807) is 22.5 Å².